The monoisotopic (exact) mass is 321 g/mol. The lowest BCUT2D eigenvalue weighted by Gasteiger charge is -2.08. The number of hydrogen-bond donors (Lipinski definition) is 0. The summed E-state index contributed by atoms with van der Waals surface area (Å²) in [6.45, 7) is 0. The molecule has 0 amide bonds. The van der Waals surface area contributed by atoms with Crippen molar-refractivity contribution >= 4 is 38.4 Å². The number of pyridine rings is 1. The van der Waals surface area contributed by atoms with Crippen molar-refractivity contribution < 1.29 is 0 Å². The summed E-state index contributed by atoms with van der Waals surface area (Å²) in [6, 6.07) is 10.0. The molecule has 0 aliphatic rings. The van der Waals surface area contributed by atoms with Crippen LogP contribution in [-0.4, -0.2) is 14.8 Å². The minimum atomic E-state index is 0.407. The summed E-state index contributed by atoms with van der Waals surface area (Å²) in [5, 5.41) is 5.34. The third-order valence-electron chi connectivity index (χ3n) is 2.69. The van der Waals surface area contributed by atoms with Gasteiger partial charge in [-0.3, -0.25) is 0 Å². The van der Waals surface area contributed by atoms with E-state index in [-0.39, 0.29) is 0 Å². The van der Waals surface area contributed by atoms with Crippen LogP contribution in [0.1, 0.15) is 5.56 Å². The third kappa shape index (κ3) is 2.02. The number of nitrogens with zero attached hydrogens (tertiary/aromatic N) is 3. The van der Waals surface area contributed by atoms with E-state index >= 15 is 0 Å². The maximum atomic E-state index is 6.00. The molecule has 0 aliphatic carbocycles. The van der Waals surface area contributed by atoms with Crippen molar-refractivity contribution in [1.82, 2.24) is 14.8 Å². The van der Waals surface area contributed by atoms with E-state index in [1.54, 1.807) is 10.9 Å². The van der Waals surface area contributed by atoms with Crippen molar-refractivity contribution in [2.45, 2.75) is 5.88 Å². The van der Waals surface area contributed by atoms with Crippen LogP contribution in [0.3, 0.4) is 0 Å². The van der Waals surface area contributed by atoms with Gasteiger partial charge in [0.05, 0.1) is 22.1 Å². The van der Waals surface area contributed by atoms with Gasteiger partial charge < -0.3 is 0 Å². The predicted octanol–water partition coefficient (Wildman–Crippen LogP) is 3.92. The number of alkyl halides is 1. The Bertz CT molecular complexity index is 708. The zero-order valence-electron chi connectivity index (χ0n) is 9.35. The van der Waals surface area contributed by atoms with Crippen LogP contribution in [0.5, 0.6) is 0 Å². The molecule has 3 rings (SSSR count). The average molecular weight is 323 g/mol. The van der Waals surface area contributed by atoms with Crippen LogP contribution in [0.2, 0.25) is 0 Å². The third-order valence-corrected chi connectivity index (χ3v) is 3.39. The van der Waals surface area contributed by atoms with Gasteiger partial charge in [0.1, 0.15) is 0 Å². The highest BCUT2D eigenvalue weighted by molar-refractivity contribution is 9.10. The van der Waals surface area contributed by atoms with Gasteiger partial charge in [0.25, 0.3) is 0 Å². The number of hydrogen-bond acceptors (Lipinski definition) is 2. The molecule has 0 atom stereocenters. The highest BCUT2D eigenvalue weighted by Crippen LogP contribution is 2.21. The van der Waals surface area contributed by atoms with Gasteiger partial charge in [-0.05, 0) is 28.1 Å². The SMILES string of the molecule is ClCc1cc2ccccc2nc1-n1cc(Br)cn1. The molecule has 0 N–H and O–H groups in total. The van der Waals surface area contributed by atoms with Crippen molar-refractivity contribution in [2.75, 3.05) is 0 Å². The summed E-state index contributed by atoms with van der Waals surface area (Å²) in [7, 11) is 0. The Morgan fingerprint density at radius 1 is 1.28 bits per heavy atom. The van der Waals surface area contributed by atoms with Crippen molar-refractivity contribution in [3.8, 4) is 5.82 Å². The Morgan fingerprint density at radius 3 is 2.83 bits per heavy atom. The maximum Gasteiger partial charge on any atom is 0.158 e. The summed E-state index contributed by atoms with van der Waals surface area (Å²) in [5.41, 5.74) is 1.90. The number of halogens is 2. The van der Waals surface area contributed by atoms with E-state index < -0.39 is 0 Å². The molecule has 2 heterocycles. The number of rotatable bonds is 2. The van der Waals surface area contributed by atoms with Gasteiger partial charge >= 0.3 is 0 Å². The molecule has 2 aromatic heterocycles. The van der Waals surface area contributed by atoms with E-state index in [2.05, 4.69) is 32.1 Å². The fourth-order valence-electron chi connectivity index (χ4n) is 1.86. The Hall–Kier alpha value is -1.39. The van der Waals surface area contributed by atoms with Crippen LogP contribution in [0.25, 0.3) is 16.7 Å². The normalized spacial score (nSPS) is 11.0. The molecular formula is C13H9BrClN3. The number of para-hydroxylation sites is 1. The fourth-order valence-corrected chi connectivity index (χ4v) is 2.35. The maximum absolute atomic E-state index is 6.00. The average Bonchev–Trinajstić information content (AvgIpc) is 2.83. The first-order chi connectivity index (χ1) is 8.78. The van der Waals surface area contributed by atoms with Crippen LogP contribution in [0.4, 0.5) is 0 Å². The molecule has 0 unspecified atom stereocenters. The molecule has 0 spiro atoms. The quantitative estimate of drug-likeness (QED) is 0.669. The first-order valence-electron chi connectivity index (χ1n) is 5.43. The van der Waals surface area contributed by atoms with Crippen LogP contribution >= 0.6 is 27.5 Å². The molecule has 0 bridgehead atoms. The molecule has 1 aromatic carbocycles. The highest BCUT2D eigenvalue weighted by atomic mass is 79.9. The van der Waals surface area contributed by atoms with E-state index in [0.29, 0.717) is 5.88 Å². The summed E-state index contributed by atoms with van der Waals surface area (Å²) in [5.74, 6) is 1.18. The smallest absolute Gasteiger partial charge is 0.158 e. The number of aromatic nitrogens is 3. The molecule has 0 aliphatic heterocycles. The van der Waals surface area contributed by atoms with Crippen LogP contribution < -0.4 is 0 Å². The minimum Gasteiger partial charge on any atom is -0.228 e. The topological polar surface area (TPSA) is 30.7 Å². The first kappa shape index (κ1) is 11.7. The predicted molar refractivity (Wildman–Crippen MR) is 76.1 cm³/mol. The number of fused-ring (bicyclic) bond motifs is 1. The second kappa shape index (κ2) is 4.71. The zero-order valence-corrected chi connectivity index (χ0v) is 11.7. The minimum absolute atomic E-state index is 0.407. The second-order valence-electron chi connectivity index (χ2n) is 3.90. The number of benzene rings is 1. The summed E-state index contributed by atoms with van der Waals surface area (Å²) in [6.07, 6.45) is 3.60. The standard InChI is InChI=1S/C13H9BrClN3/c14-11-7-16-18(8-11)13-10(6-15)5-9-3-1-2-4-12(9)17-13/h1-5,7-8H,6H2. The molecule has 90 valence electrons. The lowest BCUT2D eigenvalue weighted by Crippen LogP contribution is -2.02. The van der Waals surface area contributed by atoms with Gasteiger partial charge in [0.2, 0.25) is 0 Å². The van der Waals surface area contributed by atoms with E-state index in [1.807, 2.05) is 30.5 Å². The molecule has 18 heavy (non-hydrogen) atoms. The van der Waals surface area contributed by atoms with E-state index in [0.717, 1.165) is 26.8 Å². The van der Waals surface area contributed by atoms with Crippen LogP contribution in [0.15, 0.2) is 47.2 Å². The van der Waals surface area contributed by atoms with Crippen molar-refractivity contribution in [3.63, 3.8) is 0 Å². The highest BCUT2D eigenvalue weighted by Gasteiger charge is 2.09. The molecule has 3 nitrogen and oxygen atoms in total. The Balaban J connectivity index is 2.26. The van der Waals surface area contributed by atoms with Crippen molar-refractivity contribution in [2.24, 2.45) is 0 Å². The van der Waals surface area contributed by atoms with Gasteiger partial charge in [0.15, 0.2) is 5.82 Å². The molecular weight excluding hydrogens is 314 g/mol. The van der Waals surface area contributed by atoms with Crippen molar-refractivity contribution in [3.05, 3.63) is 52.8 Å². The van der Waals surface area contributed by atoms with Gasteiger partial charge in [-0.25, -0.2) is 9.67 Å². The Morgan fingerprint density at radius 2 is 2.11 bits per heavy atom. The lowest BCUT2D eigenvalue weighted by atomic mass is 10.1. The van der Waals surface area contributed by atoms with Gasteiger partial charge in [-0.2, -0.15) is 5.10 Å². The van der Waals surface area contributed by atoms with E-state index in [9.17, 15) is 0 Å². The molecule has 5 heteroatoms. The Labute approximate surface area is 118 Å². The van der Waals surface area contributed by atoms with Crippen LogP contribution in [0, 0.1) is 0 Å². The van der Waals surface area contributed by atoms with E-state index in [1.165, 1.54) is 0 Å². The molecule has 0 saturated heterocycles. The molecule has 0 fully saturated rings. The van der Waals surface area contributed by atoms with Crippen molar-refractivity contribution in [1.29, 1.82) is 0 Å². The van der Waals surface area contributed by atoms with Gasteiger partial charge in [-0.15, -0.1) is 11.6 Å². The second-order valence-corrected chi connectivity index (χ2v) is 5.08. The summed E-state index contributed by atoms with van der Waals surface area (Å²) in [4.78, 5) is 4.62. The first-order valence-corrected chi connectivity index (χ1v) is 6.76. The Kier molecular flexibility index (Phi) is 3.06. The fraction of sp³-hybridized carbons (Fsp3) is 0.0769. The van der Waals surface area contributed by atoms with Gasteiger partial charge in [0, 0.05) is 17.1 Å². The lowest BCUT2D eigenvalue weighted by molar-refractivity contribution is 0.842. The summed E-state index contributed by atoms with van der Waals surface area (Å²) < 4.78 is 2.65. The van der Waals surface area contributed by atoms with Crippen LogP contribution in [-0.2, 0) is 5.88 Å². The molecule has 0 radical (unpaired) electrons. The van der Waals surface area contributed by atoms with Gasteiger partial charge in [-0.1, -0.05) is 18.2 Å². The molecule has 0 saturated carbocycles. The van der Waals surface area contributed by atoms with E-state index in [4.69, 9.17) is 11.6 Å². The summed E-state index contributed by atoms with van der Waals surface area (Å²) >= 11 is 9.38. The largest absolute Gasteiger partial charge is 0.228 e. The molecule has 3 aromatic rings. The zero-order chi connectivity index (χ0) is 12.5.